The normalized spacial score (nSPS) is 12.6. The van der Waals surface area contributed by atoms with Crippen LogP contribution in [0.3, 0.4) is 0 Å². The lowest BCUT2D eigenvalue weighted by atomic mass is 10.2. The third-order valence-electron chi connectivity index (χ3n) is 2.10. The molecule has 0 aromatic heterocycles. The van der Waals surface area contributed by atoms with Gasteiger partial charge in [0.05, 0.1) is 0 Å². The number of rotatable bonds is 3. The molecule has 0 N–H and O–H groups in total. The van der Waals surface area contributed by atoms with E-state index in [9.17, 15) is 0 Å². The van der Waals surface area contributed by atoms with E-state index >= 15 is 0 Å². The van der Waals surface area contributed by atoms with Crippen LogP contribution in [0.1, 0.15) is 19.4 Å². The van der Waals surface area contributed by atoms with Gasteiger partial charge in [-0.15, -0.1) is 0 Å². The van der Waals surface area contributed by atoms with Crippen LogP contribution >= 0.6 is 11.6 Å². The SMILES string of the molecule is CCN(c1cccc(C)c1)C(C)Cl. The van der Waals surface area contributed by atoms with Gasteiger partial charge in [0.15, 0.2) is 0 Å². The largest absolute Gasteiger partial charge is 0.356 e. The van der Waals surface area contributed by atoms with E-state index in [1.165, 1.54) is 11.3 Å². The maximum Gasteiger partial charge on any atom is 0.101 e. The summed E-state index contributed by atoms with van der Waals surface area (Å²) >= 11 is 6.06. The van der Waals surface area contributed by atoms with Crippen molar-refractivity contribution in [1.82, 2.24) is 0 Å². The zero-order valence-electron chi connectivity index (χ0n) is 8.42. The highest BCUT2D eigenvalue weighted by Crippen LogP contribution is 2.19. The van der Waals surface area contributed by atoms with E-state index in [-0.39, 0.29) is 5.50 Å². The molecule has 72 valence electrons. The lowest BCUT2D eigenvalue weighted by Gasteiger charge is -2.25. The Hall–Kier alpha value is -0.690. The van der Waals surface area contributed by atoms with E-state index in [1.54, 1.807) is 0 Å². The van der Waals surface area contributed by atoms with Gasteiger partial charge in [-0.2, -0.15) is 0 Å². The molecule has 0 amide bonds. The maximum atomic E-state index is 6.06. The van der Waals surface area contributed by atoms with Gasteiger partial charge in [-0.3, -0.25) is 0 Å². The molecule has 0 spiro atoms. The fourth-order valence-electron chi connectivity index (χ4n) is 1.45. The highest BCUT2D eigenvalue weighted by atomic mass is 35.5. The Kier molecular flexibility index (Phi) is 3.61. The number of hydrogen-bond donors (Lipinski definition) is 0. The van der Waals surface area contributed by atoms with Crippen molar-refractivity contribution in [2.45, 2.75) is 26.3 Å². The predicted octanol–water partition coefficient (Wildman–Crippen LogP) is 3.41. The second-order valence-electron chi connectivity index (χ2n) is 3.20. The molecule has 13 heavy (non-hydrogen) atoms. The van der Waals surface area contributed by atoms with E-state index in [0.29, 0.717) is 0 Å². The summed E-state index contributed by atoms with van der Waals surface area (Å²) < 4.78 is 0. The molecule has 2 heteroatoms. The molecule has 0 heterocycles. The fraction of sp³-hybridized carbons (Fsp3) is 0.455. The first-order valence-electron chi connectivity index (χ1n) is 4.62. The van der Waals surface area contributed by atoms with Gasteiger partial charge in [-0.25, -0.2) is 0 Å². The van der Waals surface area contributed by atoms with E-state index in [2.05, 4.69) is 43.0 Å². The smallest absolute Gasteiger partial charge is 0.101 e. The molecular formula is C11H16ClN. The predicted molar refractivity (Wildman–Crippen MR) is 59.5 cm³/mol. The average Bonchev–Trinajstić information content (AvgIpc) is 2.04. The van der Waals surface area contributed by atoms with Crippen molar-refractivity contribution in [1.29, 1.82) is 0 Å². The van der Waals surface area contributed by atoms with Gasteiger partial charge in [0.25, 0.3) is 0 Å². The third kappa shape index (κ3) is 2.63. The van der Waals surface area contributed by atoms with Crippen LogP contribution in [0.5, 0.6) is 0 Å². The van der Waals surface area contributed by atoms with Crippen LogP contribution in [0.4, 0.5) is 5.69 Å². The third-order valence-corrected chi connectivity index (χ3v) is 2.34. The molecule has 0 saturated carbocycles. The molecule has 0 fully saturated rings. The van der Waals surface area contributed by atoms with Crippen LogP contribution in [0.2, 0.25) is 0 Å². The van der Waals surface area contributed by atoms with E-state index in [0.717, 1.165) is 6.54 Å². The standard InChI is InChI=1S/C11H16ClN/c1-4-13(10(3)12)11-7-5-6-9(2)8-11/h5-8,10H,4H2,1-3H3. The van der Waals surface area contributed by atoms with E-state index in [1.807, 2.05) is 6.92 Å². The number of benzene rings is 1. The monoisotopic (exact) mass is 197 g/mol. The number of aryl methyl sites for hydroxylation is 1. The fourth-order valence-corrected chi connectivity index (χ4v) is 1.70. The Morgan fingerprint density at radius 1 is 1.46 bits per heavy atom. The van der Waals surface area contributed by atoms with Gasteiger partial charge in [-0.1, -0.05) is 23.7 Å². The summed E-state index contributed by atoms with van der Waals surface area (Å²) in [6.07, 6.45) is 0. The van der Waals surface area contributed by atoms with Crippen molar-refractivity contribution in [3.8, 4) is 0 Å². The maximum absolute atomic E-state index is 6.06. The summed E-state index contributed by atoms with van der Waals surface area (Å²) in [6, 6.07) is 8.40. The molecule has 0 saturated heterocycles. The minimum absolute atomic E-state index is 0.0480. The molecule has 1 atom stereocenters. The van der Waals surface area contributed by atoms with Crippen molar-refractivity contribution in [2.24, 2.45) is 0 Å². The molecule has 0 bridgehead atoms. The van der Waals surface area contributed by atoms with Gasteiger partial charge in [0, 0.05) is 12.2 Å². The summed E-state index contributed by atoms with van der Waals surface area (Å²) in [5, 5.41) is 0. The highest BCUT2D eigenvalue weighted by molar-refractivity contribution is 6.21. The zero-order valence-corrected chi connectivity index (χ0v) is 9.17. The van der Waals surface area contributed by atoms with E-state index in [4.69, 9.17) is 11.6 Å². The molecule has 1 aromatic rings. The Bertz CT molecular complexity index is 271. The minimum Gasteiger partial charge on any atom is -0.356 e. The first kappa shape index (κ1) is 10.4. The molecule has 1 rings (SSSR count). The zero-order chi connectivity index (χ0) is 9.84. The second-order valence-corrected chi connectivity index (χ2v) is 3.83. The summed E-state index contributed by atoms with van der Waals surface area (Å²) in [6.45, 7) is 7.14. The van der Waals surface area contributed by atoms with Gasteiger partial charge >= 0.3 is 0 Å². The Morgan fingerprint density at radius 3 is 2.62 bits per heavy atom. The number of halogens is 1. The van der Waals surface area contributed by atoms with Crippen molar-refractivity contribution < 1.29 is 0 Å². The topological polar surface area (TPSA) is 3.24 Å². The molecule has 0 aliphatic carbocycles. The van der Waals surface area contributed by atoms with Gasteiger partial charge in [-0.05, 0) is 38.5 Å². The summed E-state index contributed by atoms with van der Waals surface area (Å²) in [4.78, 5) is 2.16. The molecule has 0 aliphatic heterocycles. The van der Waals surface area contributed by atoms with E-state index < -0.39 is 0 Å². The van der Waals surface area contributed by atoms with Crippen molar-refractivity contribution in [3.05, 3.63) is 29.8 Å². The molecule has 0 radical (unpaired) electrons. The first-order valence-corrected chi connectivity index (χ1v) is 5.06. The minimum atomic E-state index is 0.0480. The number of alkyl halides is 1. The van der Waals surface area contributed by atoms with Crippen molar-refractivity contribution in [2.75, 3.05) is 11.4 Å². The Labute approximate surface area is 85.3 Å². The first-order chi connectivity index (χ1) is 6.15. The van der Waals surface area contributed by atoms with Crippen LogP contribution < -0.4 is 4.90 Å². The van der Waals surface area contributed by atoms with Crippen LogP contribution in [0, 0.1) is 6.92 Å². The van der Waals surface area contributed by atoms with Gasteiger partial charge in [0.1, 0.15) is 5.50 Å². The molecule has 0 aliphatic rings. The second kappa shape index (κ2) is 4.52. The molecule has 1 aromatic carbocycles. The summed E-state index contributed by atoms with van der Waals surface area (Å²) in [7, 11) is 0. The van der Waals surface area contributed by atoms with Crippen LogP contribution in [-0.2, 0) is 0 Å². The van der Waals surface area contributed by atoms with Crippen LogP contribution in [0.15, 0.2) is 24.3 Å². The van der Waals surface area contributed by atoms with Gasteiger partial charge < -0.3 is 4.90 Å². The summed E-state index contributed by atoms with van der Waals surface area (Å²) in [5.41, 5.74) is 2.52. The lowest BCUT2D eigenvalue weighted by molar-refractivity contribution is 0.814. The molecular weight excluding hydrogens is 182 g/mol. The number of hydrogen-bond acceptors (Lipinski definition) is 1. The Morgan fingerprint density at radius 2 is 2.15 bits per heavy atom. The lowest BCUT2D eigenvalue weighted by Crippen LogP contribution is -2.28. The quantitative estimate of drug-likeness (QED) is 0.530. The average molecular weight is 198 g/mol. The molecule has 1 unspecified atom stereocenters. The van der Waals surface area contributed by atoms with Crippen molar-refractivity contribution in [3.63, 3.8) is 0 Å². The van der Waals surface area contributed by atoms with Crippen LogP contribution in [0.25, 0.3) is 0 Å². The Balaban J connectivity index is 2.91. The number of anilines is 1. The van der Waals surface area contributed by atoms with Crippen LogP contribution in [-0.4, -0.2) is 12.0 Å². The van der Waals surface area contributed by atoms with Crippen molar-refractivity contribution >= 4 is 17.3 Å². The highest BCUT2D eigenvalue weighted by Gasteiger charge is 2.08. The number of nitrogens with zero attached hydrogens (tertiary/aromatic N) is 1. The summed E-state index contributed by atoms with van der Waals surface area (Å²) in [5.74, 6) is 0. The van der Waals surface area contributed by atoms with Gasteiger partial charge in [0.2, 0.25) is 0 Å². The molecule has 1 nitrogen and oxygen atoms in total.